The van der Waals surface area contributed by atoms with Gasteiger partial charge < -0.3 is 10.1 Å². The van der Waals surface area contributed by atoms with Crippen LogP contribution in [0.4, 0.5) is 5.69 Å². The molecule has 0 radical (unpaired) electrons. The molecule has 2 aromatic carbocycles. The number of nitroso groups, excluding NO2 is 1. The van der Waals surface area contributed by atoms with Crippen molar-refractivity contribution in [1.29, 1.82) is 0 Å². The highest BCUT2D eigenvalue weighted by molar-refractivity contribution is 7.21. The van der Waals surface area contributed by atoms with E-state index in [1.165, 1.54) is 11.3 Å². The van der Waals surface area contributed by atoms with Crippen LogP contribution < -0.4 is 0 Å². The molecule has 0 spiro atoms. The zero-order valence-electron chi connectivity index (χ0n) is 11.8. The molecule has 0 amide bonds. The number of nitrogens with zero attached hydrogens (tertiary/aromatic N) is 1. The Morgan fingerprint density at radius 2 is 1.95 bits per heavy atom. The van der Waals surface area contributed by atoms with Gasteiger partial charge in [0.05, 0.1) is 11.3 Å². The van der Waals surface area contributed by atoms with Crippen LogP contribution in [0.5, 0.6) is 5.06 Å². The largest absolute Gasteiger partial charge is 0.499 e. The molecule has 0 aliphatic rings. The standard InChI is InChI=1S/C17H12N2O2S/c1-9-6-7-12-11(8-9)15(19-21)16(18-12)14-10-4-2-3-5-13(10)22-17(14)20/h2-8,18,20H,1H3. The van der Waals surface area contributed by atoms with Crippen molar-refractivity contribution in [1.82, 2.24) is 4.98 Å². The van der Waals surface area contributed by atoms with Gasteiger partial charge in [-0.25, -0.2) is 0 Å². The third-order valence-corrected chi connectivity index (χ3v) is 4.82. The van der Waals surface area contributed by atoms with Gasteiger partial charge in [-0.05, 0) is 30.3 Å². The normalized spacial score (nSPS) is 11.3. The maximum atomic E-state index is 11.4. The molecule has 22 heavy (non-hydrogen) atoms. The Morgan fingerprint density at radius 3 is 2.77 bits per heavy atom. The summed E-state index contributed by atoms with van der Waals surface area (Å²) in [6.45, 7) is 1.97. The van der Waals surface area contributed by atoms with Crippen LogP contribution in [0.2, 0.25) is 0 Å². The first-order valence-electron chi connectivity index (χ1n) is 6.85. The molecule has 0 unspecified atom stereocenters. The predicted octanol–water partition coefficient (Wildman–Crippen LogP) is 5.46. The Hall–Kier alpha value is -2.66. The molecule has 2 N–H and O–H groups in total. The van der Waals surface area contributed by atoms with Crippen molar-refractivity contribution in [3.05, 3.63) is 52.9 Å². The predicted molar refractivity (Wildman–Crippen MR) is 91.0 cm³/mol. The molecule has 108 valence electrons. The Labute approximate surface area is 130 Å². The average molecular weight is 308 g/mol. The molecule has 0 fully saturated rings. The third-order valence-electron chi connectivity index (χ3n) is 3.84. The summed E-state index contributed by atoms with van der Waals surface area (Å²) in [5.41, 5.74) is 3.46. The molecule has 0 aliphatic heterocycles. The Bertz CT molecular complexity index is 1030. The van der Waals surface area contributed by atoms with Gasteiger partial charge in [-0.15, -0.1) is 4.91 Å². The quantitative estimate of drug-likeness (QED) is 0.483. The van der Waals surface area contributed by atoms with E-state index in [4.69, 9.17) is 0 Å². The number of benzene rings is 2. The van der Waals surface area contributed by atoms with Gasteiger partial charge in [0.1, 0.15) is 5.69 Å². The first-order chi connectivity index (χ1) is 10.7. The number of hydrogen-bond acceptors (Lipinski definition) is 4. The number of fused-ring (bicyclic) bond motifs is 2. The number of aromatic nitrogens is 1. The van der Waals surface area contributed by atoms with Gasteiger partial charge in [-0.3, -0.25) is 0 Å². The summed E-state index contributed by atoms with van der Waals surface area (Å²) in [6, 6.07) is 13.6. The van der Waals surface area contributed by atoms with Crippen LogP contribution in [0.25, 0.3) is 32.2 Å². The van der Waals surface area contributed by atoms with Crippen LogP contribution in [0.15, 0.2) is 47.6 Å². The zero-order valence-corrected chi connectivity index (χ0v) is 12.6. The van der Waals surface area contributed by atoms with Gasteiger partial charge in [0.2, 0.25) is 0 Å². The minimum absolute atomic E-state index is 0.189. The summed E-state index contributed by atoms with van der Waals surface area (Å²) in [5.74, 6) is 0. The molecule has 0 saturated heterocycles. The number of aromatic hydroxyl groups is 1. The third kappa shape index (κ3) is 1.76. The van der Waals surface area contributed by atoms with Crippen molar-refractivity contribution in [2.45, 2.75) is 6.92 Å². The first kappa shape index (κ1) is 13.0. The van der Waals surface area contributed by atoms with Crippen LogP contribution in [-0.4, -0.2) is 10.1 Å². The van der Waals surface area contributed by atoms with Crippen LogP contribution in [-0.2, 0) is 0 Å². The molecular formula is C17H12N2O2S. The topological polar surface area (TPSA) is 65.4 Å². The van der Waals surface area contributed by atoms with Crippen molar-refractivity contribution >= 4 is 38.0 Å². The number of nitrogens with one attached hydrogen (secondary N) is 1. The fourth-order valence-corrected chi connectivity index (χ4v) is 3.79. The van der Waals surface area contributed by atoms with E-state index in [0.29, 0.717) is 16.9 Å². The van der Waals surface area contributed by atoms with Gasteiger partial charge in [0, 0.05) is 21.0 Å². The number of rotatable bonds is 2. The smallest absolute Gasteiger partial charge is 0.181 e. The van der Waals surface area contributed by atoms with Gasteiger partial charge in [0.25, 0.3) is 0 Å². The molecule has 0 saturated carbocycles. The minimum Gasteiger partial charge on any atom is -0.499 e. The Kier molecular flexibility index (Phi) is 2.77. The molecule has 4 rings (SSSR count). The second-order valence-electron chi connectivity index (χ2n) is 5.27. The summed E-state index contributed by atoms with van der Waals surface area (Å²) in [7, 11) is 0. The minimum atomic E-state index is 0.189. The van der Waals surface area contributed by atoms with Crippen molar-refractivity contribution in [2.75, 3.05) is 0 Å². The molecule has 2 heterocycles. The molecule has 4 aromatic rings. The summed E-state index contributed by atoms with van der Waals surface area (Å²) in [4.78, 5) is 14.6. The van der Waals surface area contributed by atoms with E-state index in [1.807, 2.05) is 49.4 Å². The molecule has 0 aliphatic carbocycles. The van der Waals surface area contributed by atoms with E-state index in [-0.39, 0.29) is 5.06 Å². The van der Waals surface area contributed by atoms with Gasteiger partial charge in [-0.1, -0.05) is 41.2 Å². The SMILES string of the molecule is Cc1ccc2[nH]c(-c3c(O)sc4ccccc34)c(N=O)c2c1. The van der Waals surface area contributed by atoms with E-state index in [9.17, 15) is 10.0 Å². The van der Waals surface area contributed by atoms with Crippen molar-refractivity contribution in [2.24, 2.45) is 5.18 Å². The van der Waals surface area contributed by atoms with E-state index in [1.54, 1.807) is 0 Å². The highest BCUT2D eigenvalue weighted by Crippen LogP contribution is 2.48. The molecule has 0 bridgehead atoms. The van der Waals surface area contributed by atoms with Crippen LogP contribution in [0, 0.1) is 11.8 Å². The monoisotopic (exact) mass is 308 g/mol. The van der Waals surface area contributed by atoms with Crippen LogP contribution in [0.1, 0.15) is 5.56 Å². The highest BCUT2D eigenvalue weighted by Gasteiger charge is 2.21. The lowest BCUT2D eigenvalue weighted by molar-refractivity contribution is 0.493. The van der Waals surface area contributed by atoms with Crippen molar-refractivity contribution in [3.8, 4) is 16.3 Å². The lowest BCUT2D eigenvalue weighted by Crippen LogP contribution is -1.76. The maximum Gasteiger partial charge on any atom is 0.181 e. The van der Waals surface area contributed by atoms with E-state index in [0.717, 1.165) is 26.6 Å². The highest BCUT2D eigenvalue weighted by atomic mass is 32.1. The summed E-state index contributed by atoms with van der Waals surface area (Å²) >= 11 is 1.30. The molecule has 5 heteroatoms. The lowest BCUT2D eigenvalue weighted by atomic mass is 10.1. The first-order valence-corrected chi connectivity index (χ1v) is 7.67. The zero-order chi connectivity index (χ0) is 15.3. The van der Waals surface area contributed by atoms with Gasteiger partial charge in [0.15, 0.2) is 5.06 Å². The fourth-order valence-electron chi connectivity index (χ4n) is 2.84. The van der Waals surface area contributed by atoms with Gasteiger partial charge in [-0.2, -0.15) is 0 Å². The van der Waals surface area contributed by atoms with Crippen LogP contribution >= 0.6 is 11.3 Å². The summed E-state index contributed by atoms with van der Waals surface area (Å²) < 4.78 is 0.974. The summed E-state index contributed by atoms with van der Waals surface area (Å²) in [6.07, 6.45) is 0. The number of aryl methyl sites for hydroxylation is 1. The number of aromatic amines is 1. The molecule has 0 atom stereocenters. The van der Waals surface area contributed by atoms with E-state index < -0.39 is 0 Å². The second kappa shape index (κ2) is 4.68. The van der Waals surface area contributed by atoms with Crippen molar-refractivity contribution in [3.63, 3.8) is 0 Å². The fraction of sp³-hybridized carbons (Fsp3) is 0.0588. The van der Waals surface area contributed by atoms with E-state index in [2.05, 4.69) is 10.2 Å². The Balaban J connectivity index is 2.12. The second-order valence-corrected chi connectivity index (χ2v) is 6.30. The van der Waals surface area contributed by atoms with E-state index >= 15 is 0 Å². The number of hydrogen-bond donors (Lipinski definition) is 2. The number of H-pyrrole nitrogens is 1. The van der Waals surface area contributed by atoms with Crippen LogP contribution in [0.3, 0.4) is 0 Å². The Morgan fingerprint density at radius 1 is 1.14 bits per heavy atom. The van der Waals surface area contributed by atoms with Gasteiger partial charge >= 0.3 is 0 Å². The maximum absolute atomic E-state index is 11.4. The van der Waals surface area contributed by atoms with Crippen molar-refractivity contribution < 1.29 is 5.11 Å². The average Bonchev–Trinajstić information content (AvgIpc) is 3.02. The number of thiophene rings is 1. The molecular weight excluding hydrogens is 296 g/mol. The lowest BCUT2D eigenvalue weighted by Gasteiger charge is -1.98. The summed E-state index contributed by atoms with van der Waals surface area (Å²) in [5, 5.41) is 15.4. The molecule has 2 aromatic heterocycles. The molecule has 4 nitrogen and oxygen atoms in total.